The van der Waals surface area contributed by atoms with Crippen molar-refractivity contribution in [1.82, 2.24) is 10.2 Å². The van der Waals surface area contributed by atoms with E-state index in [1.54, 1.807) is 0 Å². The maximum absolute atomic E-state index is 12.1. The molecule has 1 N–H and O–H groups in total. The van der Waals surface area contributed by atoms with Gasteiger partial charge < -0.3 is 0 Å². The standard InChI is InChI=1S/C11H13F3N2O3/c12-11(13,14)5-2-6-16-8(18)10(3-1-4-10)7(17)15-9(16)19/h1-6H2,(H,15,17,19). The Morgan fingerprint density at radius 3 is 2.32 bits per heavy atom. The molecule has 2 fully saturated rings. The summed E-state index contributed by atoms with van der Waals surface area (Å²) in [7, 11) is 0. The van der Waals surface area contributed by atoms with E-state index in [0.29, 0.717) is 19.3 Å². The van der Waals surface area contributed by atoms with Gasteiger partial charge in [0, 0.05) is 13.0 Å². The number of urea groups is 1. The number of hydrogen-bond acceptors (Lipinski definition) is 3. The molecule has 0 unspecified atom stereocenters. The lowest BCUT2D eigenvalue weighted by atomic mass is 9.66. The van der Waals surface area contributed by atoms with Gasteiger partial charge in [-0.1, -0.05) is 6.42 Å². The van der Waals surface area contributed by atoms with Crippen molar-refractivity contribution in [2.75, 3.05) is 6.54 Å². The maximum atomic E-state index is 12.1. The topological polar surface area (TPSA) is 66.5 Å². The van der Waals surface area contributed by atoms with Crippen molar-refractivity contribution in [2.45, 2.75) is 38.3 Å². The molecule has 1 saturated heterocycles. The Balaban J connectivity index is 2.01. The molecule has 0 atom stereocenters. The molecule has 5 nitrogen and oxygen atoms in total. The van der Waals surface area contributed by atoms with Gasteiger partial charge in [-0.25, -0.2) is 4.79 Å². The van der Waals surface area contributed by atoms with Gasteiger partial charge in [-0.15, -0.1) is 0 Å². The van der Waals surface area contributed by atoms with Gasteiger partial charge in [-0.3, -0.25) is 19.8 Å². The largest absolute Gasteiger partial charge is 0.389 e. The van der Waals surface area contributed by atoms with E-state index in [9.17, 15) is 27.6 Å². The van der Waals surface area contributed by atoms with E-state index >= 15 is 0 Å². The summed E-state index contributed by atoms with van der Waals surface area (Å²) in [5.74, 6) is -1.28. The molecule has 0 aromatic carbocycles. The maximum Gasteiger partial charge on any atom is 0.389 e. The molecule has 0 radical (unpaired) electrons. The molecule has 1 spiro atoms. The molecule has 1 aliphatic carbocycles. The van der Waals surface area contributed by atoms with Gasteiger partial charge in [0.05, 0.1) is 0 Å². The predicted molar refractivity (Wildman–Crippen MR) is 56.8 cm³/mol. The second kappa shape index (κ2) is 4.50. The highest BCUT2D eigenvalue weighted by atomic mass is 19.4. The molecular formula is C11H13F3N2O3. The van der Waals surface area contributed by atoms with Gasteiger partial charge in [0.15, 0.2) is 0 Å². The van der Waals surface area contributed by atoms with Crippen LogP contribution in [0.4, 0.5) is 18.0 Å². The normalized spacial score (nSPS) is 22.5. The van der Waals surface area contributed by atoms with E-state index in [2.05, 4.69) is 0 Å². The summed E-state index contributed by atoms with van der Waals surface area (Å²) >= 11 is 0. The average Bonchev–Trinajstić information content (AvgIpc) is 2.19. The summed E-state index contributed by atoms with van der Waals surface area (Å²) < 4.78 is 36.1. The molecule has 2 aliphatic rings. The molecule has 1 heterocycles. The molecule has 0 aromatic heterocycles. The van der Waals surface area contributed by atoms with Crippen molar-refractivity contribution in [3.63, 3.8) is 0 Å². The fourth-order valence-electron chi connectivity index (χ4n) is 2.34. The molecule has 4 amide bonds. The van der Waals surface area contributed by atoms with E-state index in [4.69, 9.17) is 0 Å². The van der Waals surface area contributed by atoms with Crippen LogP contribution in [-0.4, -0.2) is 35.5 Å². The number of hydrogen-bond donors (Lipinski definition) is 1. The monoisotopic (exact) mass is 278 g/mol. The first kappa shape index (κ1) is 13.8. The third-order valence-corrected chi connectivity index (χ3v) is 3.60. The van der Waals surface area contributed by atoms with Crippen molar-refractivity contribution in [3.8, 4) is 0 Å². The van der Waals surface area contributed by atoms with Gasteiger partial charge in [-0.05, 0) is 19.3 Å². The first-order chi connectivity index (χ1) is 8.76. The van der Waals surface area contributed by atoms with E-state index < -0.39 is 35.9 Å². The lowest BCUT2D eigenvalue weighted by molar-refractivity contribution is -0.159. The van der Waals surface area contributed by atoms with Crippen LogP contribution in [0, 0.1) is 5.41 Å². The zero-order valence-electron chi connectivity index (χ0n) is 10.0. The number of halogens is 3. The Bertz CT molecular complexity index is 429. The highest BCUT2D eigenvalue weighted by Gasteiger charge is 2.57. The number of nitrogens with one attached hydrogen (secondary N) is 1. The average molecular weight is 278 g/mol. The lowest BCUT2D eigenvalue weighted by Crippen LogP contribution is -2.66. The Morgan fingerprint density at radius 1 is 1.21 bits per heavy atom. The number of rotatable bonds is 3. The minimum absolute atomic E-state index is 0.320. The third kappa shape index (κ3) is 2.43. The van der Waals surface area contributed by atoms with E-state index in [1.807, 2.05) is 5.32 Å². The number of imide groups is 2. The molecular weight excluding hydrogens is 265 g/mol. The van der Waals surface area contributed by atoms with Crippen molar-refractivity contribution in [1.29, 1.82) is 0 Å². The molecule has 106 valence electrons. The van der Waals surface area contributed by atoms with Crippen LogP contribution in [0.3, 0.4) is 0 Å². The second-order valence-corrected chi connectivity index (χ2v) is 4.87. The van der Waals surface area contributed by atoms with Gasteiger partial charge in [0.25, 0.3) is 0 Å². The summed E-state index contributed by atoms with van der Waals surface area (Å²) in [6, 6.07) is -0.922. The van der Waals surface area contributed by atoms with Crippen LogP contribution in [-0.2, 0) is 9.59 Å². The predicted octanol–water partition coefficient (Wildman–Crippen LogP) is 1.58. The zero-order valence-corrected chi connectivity index (χ0v) is 10.0. The number of nitrogens with zero attached hydrogens (tertiary/aromatic N) is 1. The number of alkyl halides is 3. The number of barbiturate groups is 1. The summed E-state index contributed by atoms with van der Waals surface area (Å²) in [4.78, 5) is 35.9. The van der Waals surface area contributed by atoms with Crippen molar-refractivity contribution in [3.05, 3.63) is 0 Å². The Morgan fingerprint density at radius 2 is 1.84 bits per heavy atom. The lowest BCUT2D eigenvalue weighted by Gasteiger charge is -2.44. The summed E-state index contributed by atoms with van der Waals surface area (Å²) in [5.41, 5.74) is -1.22. The molecule has 19 heavy (non-hydrogen) atoms. The summed E-state index contributed by atoms with van der Waals surface area (Å²) in [6.45, 7) is -0.320. The number of amides is 4. The third-order valence-electron chi connectivity index (χ3n) is 3.60. The van der Waals surface area contributed by atoms with Gasteiger partial charge in [-0.2, -0.15) is 13.2 Å². The molecule has 8 heteroatoms. The first-order valence-corrected chi connectivity index (χ1v) is 6.00. The molecule has 2 rings (SSSR count). The number of carbonyl (C=O) groups excluding carboxylic acids is 3. The van der Waals surface area contributed by atoms with Crippen LogP contribution < -0.4 is 5.32 Å². The smallest absolute Gasteiger partial charge is 0.277 e. The molecule has 0 aromatic rings. The van der Waals surface area contributed by atoms with Gasteiger partial charge >= 0.3 is 12.2 Å². The van der Waals surface area contributed by atoms with Crippen LogP contribution in [0.25, 0.3) is 0 Å². The van der Waals surface area contributed by atoms with Crippen LogP contribution in [0.5, 0.6) is 0 Å². The Kier molecular flexibility index (Phi) is 3.27. The quantitative estimate of drug-likeness (QED) is 0.797. The molecule has 0 bridgehead atoms. The van der Waals surface area contributed by atoms with Crippen molar-refractivity contribution < 1.29 is 27.6 Å². The Labute approximate surface area is 107 Å². The van der Waals surface area contributed by atoms with Gasteiger partial charge in [0.1, 0.15) is 5.41 Å². The van der Waals surface area contributed by atoms with Crippen molar-refractivity contribution >= 4 is 17.8 Å². The Hall–Kier alpha value is -1.60. The van der Waals surface area contributed by atoms with Crippen LogP contribution >= 0.6 is 0 Å². The van der Waals surface area contributed by atoms with Crippen LogP contribution in [0.15, 0.2) is 0 Å². The highest BCUT2D eigenvalue weighted by molar-refractivity contribution is 6.19. The van der Waals surface area contributed by atoms with E-state index in [0.717, 1.165) is 4.90 Å². The van der Waals surface area contributed by atoms with Crippen molar-refractivity contribution in [2.24, 2.45) is 5.41 Å². The minimum atomic E-state index is -4.32. The number of carbonyl (C=O) groups is 3. The van der Waals surface area contributed by atoms with Crippen LogP contribution in [0.2, 0.25) is 0 Å². The molecule has 1 saturated carbocycles. The molecule has 1 aliphatic heterocycles. The summed E-state index contributed by atoms with van der Waals surface area (Å²) in [6.07, 6.45) is -4.34. The van der Waals surface area contributed by atoms with Crippen LogP contribution in [0.1, 0.15) is 32.1 Å². The second-order valence-electron chi connectivity index (χ2n) is 4.87. The SMILES string of the molecule is O=C1NC(=O)C2(CCC2)C(=O)N1CCCC(F)(F)F. The zero-order chi connectivity index (χ0) is 14.3. The summed E-state index contributed by atoms with van der Waals surface area (Å²) in [5, 5.41) is 2.05. The highest BCUT2D eigenvalue weighted by Crippen LogP contribution is 2.44. The fourth-order valence-corrected chi connectivity index (χ4v) is 2.34. The van der Waals surface area contributed by atoms with E-state index in [-0.39, 0.29) is 13.0 Å². The van der Waals surface area contributed by atoms with E-state index in [1.165, 1.54) is 0 Å². The fraction of sp³-hybridized carbons (Fsp3) is 0.727. The first-order valence-electron chi connectivity index (χ1n) is 6.00. The minimum Gasteiger partial charge on any atom is -0.277 e. The van der Waals surface area contributed by atoms with Gasteiger partial charge in [0.2, 0.25) is 11.8 Å².